The quantitative estimate of drug-likeness (QED) is 0.227. The Hall–Kier alpha value is -3.70. The van der Waals surface area contributed by atoms with E-state index < -0.39 is 5.97 Å². The number of aryl methyl sites for hydroxylation is 2. The van der Waals surface area contributed by atoms with E-state index in [-0.39, 0.29) is 48.6 Å². The van der Waals surface area contributed by atoms with E-state index in [1.54, 1.807) is 17.3 Å². The Bertz CT molecular complexity index is 1610. The molecule has 12 heteroatoms. The highest BCUT2D eigenvalue weighted by Crippen LogP contribution is 2.33. The van der Waals surface area contributed by atoms with Crippen molar-refractivity contribution in [1.29, 1.82) is 0 Å². The summed E-state index contributed by atoms with van der Waals surface area (Å²) in [7, 11) is 1.87. The summed E-state index contributed by atoms with van der Waals surface area (Å²) in [6, 6.07) is 10.4. The van der Waals surface area contributed by atoms with Gasteiger partial charge in [-0.1, -0.05) is 41.4 Å². The van der Waals surface area contributed by atoms with E-state index in [1.807, 2.05) is 35.9 Å². The Morgan fingerprint density at radius 2 is 2.00 bits per heavy atom. The maximum atomic E-state index is 13.0. The third-order valence-corrected chi connectivity index (χ3v) is 7.61. The van der Waals surface area contributed by atoms with Gasteiger partial charge >= 0.3 is 5.97 Å². The summed E-state index contributed by atoms with van der Waals surface area (Å²) in [6.45, 7) is 0.416. The molecule has 0 bridgehead atoms. The van der Waals surface area contributed by atoms with Gasteiger partial charge in [-0.3, -0.25) is 19.2 Å². The van der Waals surface area contributed by atoms with E-state index in [0.717, 1.165) is 23.7 Å². The van der Waals surface area contributed by atoms with Crippen molar-refractivity contribution in [3.8, 4) is 0 Å². The molecule has 4 aromatic rings. The lowest BCUT2D eigenvalue weighted by Gasteiger charge is -2.21. The zero-order valence-electron chi connectivity index (χ0n) is 22.2. The van der Waals surface area contributed by atoms with Crippen molar-refractivity contribution in [1.82, 2.24) is 14.6 Å². The summed E-state index contributed by atoms with van der Waals surface area (Å²) in [4.78, 5) is 46.7. The Morgan fingerprint density at radius 3 is 2.80 bits per heavy atom. The lowest BCUT2D eigenvalue weighted by atomic mass is 10.1. The SMILES string of the molecule is Cn1cc(C(=O)Nc2cc(Cl)c(CC(=O)CON3CCC[C@H]3c3ncc(CCC(=O)O)o3)cc2Cl)c2ccccc21. The van der Waals surface area contributed by atoms with Crippen molar-refractivity contribution >= 4 is 57.5 Å². The molecule has 0 saturated carbocycles. The first-order valence-corrected chi connectivity index (χ1v) is 13.9. The minimum atomic E-state index is -0.908. The van der Waals surface area contributed by atoms with Gasteiger partial charge in [-0.25, -0.2) is 4.98 Å². The number of halogens is 2. The second-order valence-electron chi connectivity index (χ2n) is 9.89. The van der Waals surface area contributed by atoms with E-state index in [1.165, 1.54) is 12.3 Å². The predicted octanol–water partition coefficient (Wildman–Crippen LogP) is 5.62. The molecule has 2 aromatic carbocycles. The maximum Gasteiger partial charge on any atom is 0.303 e. The molecule has 214 valence electrons. The molecule has 41 heavy (non-hydrogen) atoms. The van der Waals surface area contributed by atoms with Gasteiger partial charge in [0.25, 0.3) is 5.91 Å². The number of carboxylic acids is 1. The first-order valence-electron chi connectivity index (χ1n) is 13.1. The van der Waals surface area contributed by atoms with Gasteiger partial charge in [0.15, 0.2) is 5.78 Å². The van der Waals surface area contributed by atoms with Crippen LogP contribution in [0, 0.1) is 0 Å². The molecule has 0 aliphatic carbocycles. The smallest absolute Gasteiger partial charge is 0.303 e. The first-order chi connectivity index (χ1) is 19.7. The number of aliphatic carboxylic acids is 1. The number of carbonyl (C=O) groups is 3. The number of oxazole rings is 1. The fraction of sp³-hybridized carbons (Fsp3) is 0.310. The van der Waals surface area contributed by atoms with Crippen LogP contribution in [0.15, 0.2) is 53.2 Å². The molecule has 2 aromatic heterocycles. The van der Waals surface area contributed by atoms with Gasteiger partial charge in [0.05, 0.1) is 28.9 Å². The molecule has 0 unspecified atom stereocenters. The van der Waals surface area contributed by atoms with E-state index in [0.29, 0.717) is 40.0 Å². The van der Waals surface area contributed by atoms with Crippen LogP contribution in [0.4, 0.5) is 5.69 Å². The Kier molecular flexibility index (Phi) is 8.74. The number of Topliss-reactive ketones (excluding diaryl/α,β-unsaturated/α-hetero) is 1. The van der Waals surface area contributed by atoms with Crippen LogP contribution in [-0.2, 0) is 34.3 Å². The van der Waals surface area contributed by atoms with Crippen molar-refractivity contribution in [2.45, 2.75) is 38.1 Å². The molecule has 1 saturated heterocycles. The predicted molar refractivity (Wildman–Crippen MR) is 153 cm³/mol. The number of rotatable bonds is 11. The summed E-state index contributed by atoms with van der Waals surface area (Å²) in [6.07, 6.45) is 5.06. The third kappa shape index (κ3) is 6.62. The van der Waals surface area contributed by atoms with E-state index in [2.05, 4.69) is 10.3 Å². The number of hydrogen-bond donors (Lipinski definition) is 2. The van der Waals surface area contributed by atoms with Crippen molar-refractivity contribution in [2.24, 2.45) is 7.05 Å². The zero-order valence-corrected chi connectivity index (χ0v) is 23.7. The summed E-state index contributed by atoms with van der Waals surface area (Å²) in [5.41, 5.74) is 2.30. The molecule has 1 fully saturated rings. The summed E-state index contributed by atoms with van der Waals surface area (Å²) < 4.78 is 7.60. The fourth-order valence-electron chi connectivity index (χ4n) is 4.91. The van der Waals surface area contributed by atoms with Gasteiger partial charge in [0.2, 0.25) is 5.89 Å². The van der Waals surface area contributed by atoms with Crippen molar-refractivity contribution < 1.29 is 28.7 Å². The number of anilines is 1. The molecule has 2 N–H and O–H groups in total. The van der Waals surface area contributed by atoms with Gasteiger partial charge in [0, 0.05) is 48.6 Å². The number of para-hydroxylation sites is 1. The van der Waals surface area contributed by atoms with Crippen LogP contribution in [0.25, 0.3) is 10.9 Å². The second kappa shape index (κ2) is 12.4. The Balaban J connectivity index is 1.18. The molecule has 1 atom stereocenters. The fourth-order valence-corrected chi connectivity index (χ4v) is 5.38. The number of amides is 1. The maximum absolute atomic E-state index is 13.0. The van der Waals surface area contributed by atoms with Crippen LogP contribution < -0.4 is 5.32 Å². The van der Waals surface area contributed by atoms with Gasteiger partial charge in [-0.05, 0) is 36.6 Å². The van der Waals surface area contributed by atoms with Crippen LogP contribution in [0.3, 0.4) is 0 Å². The number of nitrogens with zero attached hydrogens (tertiary/aromatic N) is 3. The Labute approximate surface area is 245 Å². The highest BCUT2D eigenvalue weighted by Gasteiger charge is 2.31. The van der Waals surface area contributed by atoms with Crippen molar-refractivity contribution in [3.63, 3.8) is 0 Å². The monoisotopic (exact) mass is 598 g/mol. The van der Waals surface area contributed by atoms with Gasteiger partial charge in [-0.2, -0.15) is 5.06 Å². The van der Waals surface area contributed by atoms with Crippen LogP contribution in [0.1, 0.15) is 52.9 Å². The number of carboxylic acid groups (broad SMARTS) is 1. The molecular weight excluding hydrogens is 571 g/mol. The molecule has 0 radical (unpaired) electrons. The highest BCUT2D eigenvalue weighted by atomic mass is 35.5. The van der Waals surface area contributed by atoms with Crippen molar-refractivity contribution in [3.05, 3.63) is 81.6 Å². The van der Waals surface area contributed by atoms with Gasteiger partial charge in [-0.15, -0.1) is 0 Å². The summed E-state index contributed by atoms with van der Waals surface area (Å²) in [5.74, 6) is -0.512. The lowest BCUT2D eigenvalue weighted by Crippen LogP contribution is -2.27. The normalized spacial score (nSPS) is 15.4. The van der Waals surface area contributed by atoms with Gasteiger partial charge in [0.1, 0.15) is 18.4 Å². The molecule has 3 heterocycles. The molecule has 5 rings (SSSR count). The molecule has 10 nitrogen and oxygen atoms in total. The average Bonchev–Trinajstić information content (AvgIpc) is 3.68. The van der Waals surface area contributed by atoms with Crippen LogP contribution in [-0.4, -0.2) is 50.5 Å². The number of nitrogens with one attached hydrogen (secondary N) is 1. The largest absolute Gasteiger partial charge is 0.481 e. The van der Waals surface area contributed by atoms with Crippen LogP contribution in [0.5, 0.6) is 0 Å². The summed E-state index contributed by atoms with van der Waals surface area (Å²) >= 11 is 12.9. The second-order valence-corrected chi connectivity index (χ2v) is 10.7. The molecule has 1 amide bonds. The number of benzene rings is 2. The average molecular weight is 599 g/mol. The lowest BCUT2D eigenvalue weighted by molar-refractivity contribution is -0.179. The Morgan fingerprint density at radius 1 is 1.20 bits per heavy atom. The number of fused-ring (bicyclic) bond motifs is 1. The van der Waals surface area contributed by atoms with Crippen LogP contribution in [0.2, 0.25) is 10.0 Å². The summed E-state index contributed by atoms with van der Waals surface area (Å²) in [5, 5.41) is 14.7. The van der Waals surface area contributed by atoms with Crippen LogP contribution >= 0.6 is 23.2 Å². The standard InChI is InChI=1S/C29H28Cl2N4O6/c1-34-15-21(20-5-2-3-6-25(20)34)28(39)33-24-13-22(30)17(12-23(24)31)11-18(36)16-40-35-10-4-7-26(35)29-32-14-19(41-29)8-9-27(37)38/h2-3,5-6,12-15,26H,4,7-11,16H2,1H3,(H,33,39)(H,37,38)/t26-/m0/s1. The minimum Gasteiger partial charge on any atom is -0.481 e. The molecule has 1 aliphatic rings. The van der Waals surface area contributed by atoms with E-state index in [9.17, 15) is 14.4 Å². The van der Waals surface area contributed by atoms with Gasteiger partial charge < -0.3 is 19.4 Å². The highest BCUT2D eigenvalue weighted by molar-refractivity contribution is 6.36. The molecule has 1 aliphatic heterocycles. The number of aromatic nitrogens is 2. The number of hydroxylamine groups is 2. The number of ketones is 1. The zero-order chi connectivity index (χ0) is 29.1. The molecular formula is C29H28Cl2N4O6. The molecule has 0 spiro atoms. The minimum absolute atomic E-state index is 0.00700. The topological polar surface area (TPSA) is 127 Å². The van der Waals surface area contributed by atoms with E-state index in [4.69, 9.17) is 37.6 Å². The van der Waals surface area contributed by atoms with Crippen molar-refractivity contribution in [2.75, 3.05) is 18.5 Å². The first kappa shape index (κ1) is 28.8. The van der Waals surface area contributed by atoms with E-state index >= 15 is 0 Å². The third-order valence-electron chi connectivity index (χ3n) is 6.95. The number of carbonyl (C=O) groups excluding carboxylic acids is 2. The number of hydrogen-bond acceptors (Lipinski definition) is 7.